The second-order valence-corrected chi connectivity index (χ2v) is 6.37. The molecule has 0 spiro atoms. The molecule has 0 aliphatic carbocycles. The number of ether oxygens (including phenoxy) is 2. The SMILES string of the molecule is C=C(C)COc1cccc(NCC(=O)Nc2cccc(OC(C)C)c2)c1. The van der Waals surface area contributed by atoms with E-state index >= 15 is 0 Å². The van der Waals surface area contributed by atoms with Crippen molar-refractivity contribution in [3.05, 3.63) is 60.7 Å². The molecule has 0 saturated heterocycles. The zero-order valence-electron chi connectivity index (χ0n) is 15.5. The lowest BCUT2D eigenvalue weighted by Crippen LogP contribution is -2.21. The average Bonchev–Trinajstić information content (AvgIpc) is 2.58. The molecule has 0 aliphatic rings. The molecule has 0 saturated carbocycles. The molecule has 26 heavy (non-hydrogen) atoms. The highest BCUT2D eigenvalue weighted by Crippen LogP contribution is 2.19. The quantitative estimate of drug-likeness (QED) is 0.652. The van der Waals surface area contributed by atoms with Crippen molar-refractivity contribution in [3.8, 4) is 11.5 Å². The summed E-state index contributed by atoms with van der Waals surface area (Å²) >= 11 is 0. The number of rotatable bonds is 9. The smallest absolute Gasteiger partial charge is 0.243 e. The third kappa shape index (κ3) is 6.89. The van der Waals surface area contributed by atoms with Crippen LogP contribution in [0.3, 0.4) is 0 Å². The Morgan fingerprint density at radius 1 is 1.08 bits per heavy atom. The molecular formula is C21H26N2O3. The first-order valence-corrected chi connectivity index (χ1v) is 8.60. The van der Waals surface area contributed by atoms with Crippen molar-refractivity contribution in [2.75, 3.05) is 23.8 Å². The fraction of sp³-hybridized carbons (Fsp3) is 0.286. The van der Waals surface area contributed by atoms with E-state index in [9.17, 15) is 4.79 Å². The molecular weight excluding hydrogens is 328 g/mol. The maximum absolute atomic E-state index is 12.2. The molecule has 2 aromatic rings. The van der Waals surface area contributed by atoms with E-state index < -0.39 is 0 Å². The maximum atomic E-state index is 12.2. The summed E-state index contributed by atoms with van der Waals surface area (Å²) in [5, 5.41) is 5.95. The van der Waals surface area contributed by atoms with E-state index in [-0.39, 0.29) is 18.6 Å². The van der Waals surface area contributed by atoms with E-state index in [2.05, 4.69) is 17.2 Å². The van der Waals surface area contributed by atoms with Crippen LogP contribution in [0.15, 0.2) is 60.7 Å². The predicted octanol–water partition coefficient (Wildman–Crippen LogP) is 4.48. The summed E-state index contributed by atoms with van der Waals surface area (Å²) in [5.41, 5.74) is 2.47. The number of hydrogen-bond donors (Lipinski definition) is 2. The Hall–Kier alpha value is -2.95. The van der Waals surface area contributed by atoms with Crippen LogP contribution in [0.5, 0.6) is 11.5 Å². The number of carbonyl (C=O) groups is 1. The summed E-state index contributed by atoms with van der Waals surface area (Å²) in [7, 11) is 0. The number of benzene rings is 2. The highest BCUT2D eigenvalue weighted by Gasteiger charge is 2.05. The average molecular weight is 354 g/mol. The lowest BCUT2D eigenvalue weighted by atomic mass is 10.3. The van der Waals surface area contributed by atoms with Crippen molar-refractivity contribution < 1.29 is 14.3 Å². The molecule has 2 N–H and O–H groups in total. The van der Waals surface area contributed by atoms with Crippen molar-refractivity contribution in [3.63, 3.8) is 0 Å². The Kier molecular flexibility index (Phi) is 7.09. The number of carbonyl (C=O) groups excluding carboxylic acids is 1. The van der Waals surface area contributed by atoms with Crippen LogP contribution in [-0.4, -0.2) is 25.2 Å². The molecule has 1 amide bonds. The van der Waals surface area contributed by atoms with Gasteiger partial charge in [-0.3, -0.25) is 4.79 Å². The van der Waals surface area contributed by atoms with Crippen molar-refractivity contribution in [1.82, 2.24) is 0 Å². The van der Waals surface area contributed by atoms with Crippen LogP contribution in [0.2, 0.25) is 0 Å². The Bertz CT molecular complexity index is 756. The zero-order chi connectivity index (χ0) is 18.9. The van der Waals surface area contributed by atoms with Gasteiger partial charge in [-0.15, -0.1) is 0 Å². The van der Waals surface area contributed by atoms with Gasteiger partial charge in [0.05, 0.1) is 12.6 Å². The van der Waals surface area contributed by atoms with Gasteiger partial charge in [0.1, 0.15) is 18.1 Å². The van der Waals surface area contributed by atoms with Crippen LogP contribution in [0.4, 0.5) is 11.4 Å². The van der Waals surface area contributed by atoms with E-state index in [0.29, 0.717) is 12.3 Å². The van der Waals surface area contributed by atoms with Crippen molar-refractivity contribution >= 4 is 17.3 Å². The summed E-state index contributed by atoms with van der Waals surface area (Å²) < 4.78 is 11.2. The highest BCUT2D eigenvalue weighted by atomic mass is 16.5. The van der Waals surface area contributed by atoms with Gasteiger partial charge in [-0.25, -0.2) is 0 Å². The first kappa shape index (κ1) is 19.4. The summed E-state index contributed by atoms with van der Waals surface area (Å²) in [6.45, 7) is 10.3. The molecule has 5 nitrogen and oxygen atoms in total. The van der Waals surface area contributed by atoms with Crippen LogP contribution in [0.1, 0.15) is 20.8 Å². The van der Waals surface area contributed by atoms with Gasteiger partial charge in [0.15, 0.2) is 0 Å². The summed E-state index contributed by atoms with van der Waals surface area (Å²) in [6.07, 6.45) is 0.0852. The molecule has 0 fully saturated rings. The van der Waals surface area contributed by atoms with Gasteiger partial charge in [-0.2, -0.15) is 0 Å². The predicted molar refractivity (Wildman–Crippen MR) is 106 cm³/mol. The molecule has 0 heterocycles. The largest absolute Gasteiger partial charge is 0.491 e. The Labute approximate surface area is 155 Å². The minimum Gasteiger partial charge on any atom is -0.491 e. The zero-order valence-corrected chi connectivity index (χ0v) is 15.5. The third-order valence-electron chi connectivity index (χ3n) is 3.26. The fourth-order valence-electron chi connectivity index (χ4n) is 2.21. The normalized spacial score (nSPS) is 10.3. The lowest BCUT2D eigenvalue weighted by Gasteiger charge is -2.12. The summed E-state index contributed by atoms with van der Waals surface area (Å²) in [4.78, 5) is 12.2. The molecule has 5 heteroatoms. The molecule has 0 aromatic heterocycles. The summed E-state index contributed by atoms with van der Waals surface area (Å²) in [6, 6.07) is 14.8. The van der Waals surface area contributed by atoms with Gasteiger partial charge in [0, 0.05) is 23.5 Å². The van der Waals surface area contributed by atoms with Crippen LogP contribution in [-0.2, 0) is 4.79 Å². The van der Waals surface area contributed by atoms with Crippen LogP contribution >= 0.6 is 0 Å². The van der Waals surface area contributed by atoms with E-state index in [1.165, 1.54) is 0 Å². The Morgan fingerprint density at radius 2 is 1.73 bits per heavy atom. The highest BCUT2D eigenvalue weighted by molar-refractivity contribution is 5.93. The fourth-order valence-corrected chi connectivity index (χ4v) is 2.21. The van der Waals surface area contributed by atoms with E-state index in [1.54, 1.807) is 0 Å². The number of nitrogens with one attached hydrogen (secondary N) is 2. The molecule has 0 aliphatic heterocycles. The summed E-state index contributed by atoms with van der Waals surface area (Å²) in [5.74, 6) is 1.32. The first-order chi connectivity index (χ1) is 12.4. The van der Waals surface area contributed by atoms with Crippen molar-refractivity contribution in [1.29, 1.82) is 0 Å². The monoisotopic (exact) mass is 354 g/mol. The first-order valence-electron chi connectivity index (χ1n) is 8.60. The Balaban J connectivity index is 1.87. The number of hydrogen-bond acceptors (Lipinski definition) is 4. The van der Waals surface area contributed by atoms with Crippen molar-refractivity contribution in [2.24, 2.45) is 0 Å². The third-order valence-corrected chi connectivity index (χ3v) is 3.26. The van der Waals surface area contributed by atoms with Gasteiger partial charge >= 0.3 is 0 Å². The van der Waals surface area contributed by atoms with Gasteiger partial charge in [-0.05, 0) is 50.6 Å². The minimum absolute atomic E-state index is 0.0852. The molecule has 2 aromatic carbocycles. The van der Waals surface area contributed by atoms with Crippen LogP contribution in [0.25, 0.3) is 0 Å². The van der Waals surface area contributed by atoms with Gasteiger partial charge in [-0.1, -0.05) is 18.7 Å². The number of amides is 1. The molecule has 0 unspecified atom stereocenters. The van der Waals surface area contributed by atoms with Gasteiger partial charge < -0.3 is 20.1 Å². The molecule has 0 bridgehead atoms. The van der Waals surface area contributed by atoms with Gasteiger partial charge in [0.25, 0.3) is 0 Å². The lowest BCUT2D eigenvalue weighted by molar-refractivity contribution is -0.114. The minimum atomic E-state index is -0.139. The van der Waals surface area contributed by atoms with Crippen LogP contribution in [0, 0.1) is 0 Å². The Morgan fingerprint density at radius 3 is 2.42 bits per heavy atom. The van der Waals surface area contributed by atoms with E-state index in [4.69, 9.17) is 9.47 Å². The topological polar surface area (TPSA) is 59.6 Å². The van der Waals surface area contributed by atoms with Crippen molar-refractivity contribution in [2.45, 2.75) is 26.9 Å². The van der Waals surface area contributed by atoms with Gasteiger partial charge in [0.2, 0.25) is 5.91 Å². The molecule has 0 atom stereocenters. The molecule has 0 radical (unpaired) electrons. The van der Waals surface area contributed by atoms with E-state index in [0.717, 1.165) is 22.8 Å². The second-order valence-electron chi connectivity index (χ2n) is 6.37. The van der Waals surface area contributed by atoms with E-state index in [1.807, 2.05) is 69.3 Å². The number of anilines is 2. The van der Waals surface area contributed by atoms with Crippen LogP contribution < -0.4 is 20.1 Å². The standard InChI is InChI=1S/C21H26N2O3/c1-15(2)14-25-19-9-5-7-17(11-19)22-13-21(24)23-18-8-6-10-20(12-18)26-16(3)4/h5-12,16,22H,1,13-14H2,2-4H3,(H,23,24). The second kappa shape index (κ2) is 9.51. The molecule has 138 valence electrons. The molecule has 2 rings (SSSR count). The maximum Gasteiger partial charge on any atom is 0.243 e.